The summed E-state index contributed by atoms with van der Waals surface area (Å²) < 4.78 is 16.1. The molecule has 1 aromatic heterocycles. The van der Waals surface area contributed by atoms with Crippen molar-refractivity contribution in [3.05, 3.63) is 70.6 Å². The molecule has 0 bridgehead atoms. The van der Waals surface area contributed by atoms with E-state index in [4.69, 9.17) is 0 Å². The number of aromatic nitrogens is 1. The van der Waals surface area contributed by atoms with Crippen molar-refractivity contribution >= 4 is 26.8 Å². The molecule has 0 aliphatic rings. The summed E-state index contributed by atoms with van der Waals surface area (Å²) in [7, 11) is 0. The van der Waals surface area contributed by atoms with Crippen molar-refractivity contribution < 1.29 is 4.39 Å². The summed E-state index contributed by atoms with van der Waals surface area (Å²) in [6, 6.07) is 16.9. The minimum Gasteiger partial charge on any atom is -0.331 e. The van der Waals surface area contributed by atoms with Crippen LogP contribution in [0, 0.1) is 5.82 Å². The number of rotatable bonds is 2. The number of nitrogens with zero attached hydrogens (tertiary/aromatic N) is 1. The summed E-state index contributed by atoms with van der Waals surface area (Å²) in [5.74, 6) is -0.199. The first-order valence-corrected chi connectivity index (χ1v) is 6.51. The summed E-state index contributed by atoms with van der Waals surface area (Å²) in [4.78, 5) is 0. The molecule has 18 heavy (non-hydrogen) atoms. The maximum Gasteiger partial charge on any atom is 0.123 e. The predicted molar refractivity (Wildman–Crippen MR) is 75.1 cm³/mol. The number of fused-ring (bicyclic) bond motifs is 1. The lowest BCUT2D eigenvalue weighted by Crippen LogP contribution is -1.99. The Labute approximate surface area is 113 Å². The van der Waals surface area contributed by atoms with Gasteiger partial charge in [0.2, 0.25) is 0 Å². The highest BCUT2D eigenvalue weighted by Crippen LogP contribution is 2.24. The van der Waals surface area contributed by atoms with E-state index in [1.165, 1.54) is 23.0 Å². The highest BCUT2D eigenvalue weighted by molar-refractivity contribution is 9.10. The molecular formula is C15H11BrFN. The van der Waals surface area contributed by atoms with E-state index in [-0.39, 0.29) is 5.82 Å². The first-order chi connectivity index (χ1) is 8.74. The zero-order valence-electron chi connectivity index (χ0n) is 9.61. The molecule has 0 saturated carbocycles. The van der Waals surface area contributed by atoms with Gasteiger partial charge in [0.1, 0.15) is 5.82 Å². The van der Waals surface area contributed by atoms with Crippen molar-refractivity contribution in [2.24, 2.45) is 0 Å². The fraction of sp³-hybridized carbons (Fsp3) is 0.0667. The molecule has 1 heterocycles. The molecule has 90 valence electrons. The zero-order valence-corrected chi connectivity index (χ0v) is 11.2. The number of benzene rings is 2. The third-order valence-corrected chi connectivity index (χ3v) is 3.67. The van der Waals surface area contributed by atoms with E-state index in [1.54, 1.807) is 0 Å². The smallest absolute Gasteiger partial charge is 0.123 e. The van der Waals surface area contributed by atoms with E-state index >= 15 is 0 Å². The van der Waals surface area contributed by atoms with E-state index < -0.39 is 0 Å². The summed E-state index contributed by atoms with van der Waals surface area (Å²) in [5.41, 5.74) is 2.26. The van der Waals surface area contributed by atoms with E-state index in [0.717, 1.165) is 16.7 Å². The summed E-state index contributed by atoms with van der Waals surface area (Å²) >= 11 is 3.57. The third-order valence-electron chi connectivity index (χ3n) is 3.01. The molecule has 0 N–H and O–H groups in total. The fourth-order valence-corrected chi connectivity index (χ4v) is 2.67. The van der Waals surface area contributed by atoms with E-state index in [0.29, 0.717) is 0 Å². The van der Waals surface area contributed by atoms with Crippen LogP contribution in [0.3, 0.4) is 0 Å². The van der Waals surface area contributed by atoms with Crippen molar-refractivity contribution in [1.29, 1.82) is 0 Å². The van der Waals surface area contributed by atoms with Crippen LogP contribution in [0.1, 0.15) is 5.56 Å². The van der Waals surface area contributed by atoms with Gasteiger partial charge in [0.05, 0.1) is 4.60 Å². The Balaban J connectivity index is 2.04. The molecule has 3 rings (SSSR count). The van der Waals surface area contributed by atoms with E-state index in [1.807, 2.05) is 24.3 Å². The molecule has 3 aromatic rings. The first kappa shape index (κ1) is 11.5. The van der Waals surface area contributed by atoms with Crippen LogP contribution in [0.4, 0.5) is 4.39 Å². The van der Waals surface area contributed by atoms with Gasteiger partial charge in [-0.1, -0.05) is 30.3 Å². The predicted octanol–water partition coefficient (Wildman–Crippen LogP) is 4.59. The van der Waals surface area contributed by atoms with Gasteiger partial charge >= 0.3 is 0 Å². The summed E-state index contributed by atoms with van der Waals surface area (Å²) in [5, 5.41) is 1.20. The molecule has 1 nitrogen and oxygen atoms in total. The second-order valence-corrected chi connectivity index (χ2v) is 5.05. The van der Waals surface area contributed by atoms with Crippen molar-refractivity contribution in [3.8, 4) is 0 Å². The maximum absolute atomic E-state index is 12.9. The number of hydrogen-bond donors (Lipinski definition) is 0. The van der Waals surface area contributed by atoms with Gasteiger partial charge in [-0.05, 0) is 45.8 Å². The van der Waals surface area contributed by atoms with Crippen LogP contribution in [-0.4, -0.2) is 4.57 Å². The first-order valence-electron chi connectivity index (χ1n) is 5.72. The Morgan fingerprint density at radius 1 is 1.00 bits per heavy atom. The molecule has 2 aromatic carbocycles. The number of halogens is 2. The van der Waals surface area contributed by atoms with E-state index in [2.05, 4.69) is 38.7 Å². The monoisotopic (exact) mass is 303 g/mol. The minimum atomic E-state index is -0.199. The van der Waals surface area contributed by atoms with Crippen LogP contribution in [0.15, 0.2) is 59.2 Å². The molecule has 0 saturated heterocycles. The normalized spacial score (nSPS) is 11.0. The molecular weight excluding hydrogens is 293 g/mol. The van der Waals surface area contributed by atoms with E-state index in [9.17, 15) is 4.39 Å². The SMILES string of the molecule is Fc1ccc(Cn2c(Br)cc3ccccc32)cc1. The number of hydrogen-bond acceptors (Lipinski definition) is 0. The van der Waals surface area contributed by atoms with Gasteiger partial charge in [-0.3, -0.25) is 0 Å². The lowest BCUT2D eigenvalue weighted by atomic mass is 10.2. The summed E-state index contributed by atoms with van der Waals surface area (Å²) in [6.07, 6.45) is 0. The van der Waals surface area contributed by atoms with Gasteiger partial charge in [-0.15, -0.1) is 0 Å². The third kappa shape index (κ3) is 2.06. The fourth-order valence-electron chi connectivity index (χ4n) is 2.11. The van der Waals surface area contributed by atoms with Crippen LogP contribution < -0.4 is 0 Å². The lowest BCUT2D eigenvalue weighted by Gasteiger charge is -2.07. The van der Waals surface area contributed by atoms with Crippen LogP contribution in [-0.2, 0) is 6.54 Å². The van der Waals surface area contributed by atoms with Crippen molar-refractivity contribution in [1.82, 2.24) is 4.57 Å². The maximum atomic E-state index is 12.9. The second kappa shape index (κ2) is 4.58. The second-order valence-electron chi connectivity index (χ2n) is 4.24. The van der Waals surface area contributed by atoms with Crippen molar-refractivity contribution in [3.63, 3.8) is 0 Å². The Bertz CT molecular complexity index is 685. The quantitative estimate of drug-likeness (QED) is 0.652. The van der Waals surface area contributed by atoms with Gasteiger partial charge in [-0.25, -0.2) is 4.39 Å². The van der Waals surface area contributed by atoms with Gasteiger partial charge in [0.25, 0.3) is 0 Å². The highest BCUT2D eigenvalue weighted by atomic mass is 79.9. The Hall–Kier alpha value is -1.61. The highest BCUT2D eigenvalue weighted by Gasteiger charge is 2.06. The average Bonchev–Trinajstić information content (AvgIpc) is 2.69. The molecule has 0 aliphatic carbocycles. The standard InChI is InChI=1S/C15H11BrFN/c16-15-9-12-3-1-2-4-14(12)18(15)10-11-5-7-13(17)8-6-11/h1-9H,10H2. The number of para-hydroxylation sites is 1. The topological polar surface area (TPSA) is 4.93 Å². The van der Waals surface area contributed by atoms with Crippen LogP contribution in [0.5, 0.6) is 0 Å². The molecule has 0 amide bonds. The Morgan fingerprint density at radius 3 is 2.50 bits per heavy atom. The largest absolute Gasteiger partial charge is 0.331 e. The average molecular weight is 304 g/mol. The molecule has 0 radical (unpaired) electrons. The van der Waals surface area contributed by atoms with Crippen LogP contribution in [0.2, 0.25) is 0 Å². The molecule has 0 aliphatic heterocycles. The zero-order chi connectivity index (χ0) is 12.5. The molecule has 0 spiro atoms. The van der Waals surface area contributed by atoms with Gasteiger partial charge in [0.15, 0.2) is 0 Å². The minimum absolute atomic E-state index is 0.199. The summed E-state index contributed by atoms with van der Waals surface area (Å²) in [6.45, 7) is 0.731. The lowest BCUT2D eigenvalue weighted by molar-refractivity contribution is 0.626. The van der Waals surface area contributed by atoms with Crippen LogP contribution >= 0.6 is 15.9 Å². The molecule has 0 fully saturated rings. The van der Waals surface area contributed by atoms with Gasteiger partial charge in [0, 0.05) is 17.4 Å². The molecule has 0 unspecified atom stereocenters. The Morgan fingerprint density at radius 2 is 1.72 bits per heavy atom. The molecule has 0 atom stereocenters. The molecule has 3 heteroatoms. The van der Waals surface area contributed by atoms with Gasteiger partial charge in [-0.2, -0.15) is 0 Å². The van der Waals surface area contributed by atoms with Crippen molar-refractivity contribution in [2.45, 2.75) is 6.54 Å². The van der Waals surface area contributed by atoms with Crippen LogP contribution in [0.25, 0.3) is 10.9 Å². The van der Waals surface area contributed by atoms with Gasteiger partial charge < -0.3 is 4.57 Å². The van der Waals surface area contributed by atoms with Crippen molar-refractivity contribution in [2.75, 3.05) is 0 Å². The Kier molecular flexibility index (Phi) is 2.92.